The predicted molar refractivity (Wildman–Crippen MR) is 105 cm³/mol. The molecule has 1 fully saturated rings. The van der Waals surface area contributed by atoms with Gasteiger partial charge in [-0.25, -0.2) is 9.97 Å². The van der Waals surface area contributed by atoms with Crippen LogP contribution in [0, 0.1) is 5.92 Å². The summed E-state index contributed by atoms with van der Waals surface area (Å²) in [5, 5.41) is 12.9. The molecule has 0 aromatic carbocycles. The fourth-order valence-electron chi connectivity index (χ4n) is 3.29. The summed E-state index contributed by atoms with van der Waals surface area (Å²) < 4.78 is 17.6. The van der Waals surface area contributed by atoms with Gasteiger partial charge in [-0.3, -0.25) is 4.21 Å². The largest absolute Gasteiger partial charge is 0.474 e. The molecule has 0 aliphatic heterocycles. The molecule has 0 bridgehead atoms. The maximum atomic E-state index is 11.6. The van der Waals surface area contributed by atoms with E-state index in [1.54, 1.807) is 24.7 Å². The third kappa shape index (κ3) is 4.02. The molecule has 2 aromatic rings. The number of rotatable bonds is 7. The summed E-state index contributed by atoms with van der Waals surface area (Å²) >= 11 is 6.11. The number of nitrogens with zero attached hydrogens (tertiary/aromatic N) is 2. The summed E-state index contributed by atoms with van der Waals surface area (Å²) in [4.78, 5) is 8.63. The van der Waals surface area contributed by atoms with E-state index in [2.05, 4.69) is 9.97 Å². The van der Waals surface area contributed by atoms with Crippen LogP contribution in [0.3, 0.4) is 0 Å². The molecule has 0 amide bonds. The summed E-state index contributed by atoms with van der Waals surface area (Å²) in [5.41, 5.74) is -0.199. The van der Waals surface area contributed by atoms with Crippen LogP contribution >= 0.6 is 11.6 Å². The number of fused-ring (bicyclic) bond motifs is 1. The van der Waals surface area contributed by atoms with E-state index in [0.717, 1.165) is 29.2 Å². The highest BCUT2D eigenvalue weighted by atomic mass is 35.5. The van der Waals surface area contributed by atoms with Crippen LogP contribution in [-0.2, 0) is 16.4 Å². The van der Waals surface area contributed by atoms with Crippen molar-refractivity contribution in [3.8, 4) is 5.88 Å². The van der Waals surface area contributed by atoms with Crippen LogP contribution in [0.1, 0.15) is 45.6 Å². The monoisotopic (exact) mass is 396 g/mol. The first-order valence-electron chi connectivity index (χ1n) is 8.86. The van der Waals surface area contributed by atoms with E-state index < -0.39 is 16.4 Å². The van der Waals surface area contributed by atoms with Crippen molar-refractivity contribution in [3.63, 3.8) is 0 Å². The van der Waals surface area contributed by atoms with Gasteiger partial charge < -0.3 is 9.84 Å². The molecule has 2 heterocycles. The van der Waals surface area contributed by atoms with Crippen LogP contribution < -0.4 is 4.74 Å². The van der Waals surface area contributed by atoms with Gasteiger partial charge in [0.25, 0.3) is 0 Å². The van der Waals surface area contributed by atoms with Gasteiger partial charge in [0.05, 0.1) is 17.1 Å². The van der Waals surface area contributed by atoms with Gasteiger partial charge in [-0.15, -0.1) is 0 Å². The molecule has 0 saturated heterocycles. The maximum Gasteiger partial charge on any atom is 0.223 e. The van der Waals surface area contributed by atoms with Gasteiger partial charge in [-0.2, -0.15) is 0 Å². The highest BCUT2D eigenvalue weighted by Crippen LogP contribution is 2.47. The Morgan fingerprint density at radius 2 is 2.04 bits per heavy atom. The zero-order valence-electron chi connectivity index (χ0n) is 15.5. The van der Waals surface area contributed by atoms with Crippen molar-refractivity contribution in [1.29, 1.82) is 0 Å². The van der Waals surface area contributed by atoms with E-state index in [1.165, 1.54) is 0 Å². The van der Waals surface area contributed by atoms with Gasteiger partial charge in [0.15, 0.2) is 0 Å². The van der Waals surface area contributed by atoms with Gasteiger partial charge in [0.1, 0.15) is 5.15 Å². The molecule has 1 aliphatic rings. The Kier molecular flexibility index (Phi) is 5.56. The van der Waals surface area contributed by atoms with Gasteiger partial charge in [0.2, 0.25) is 5.88 Å². The van der Waals surface area contributed by atoms with Gasteiger partial charge in [0, 0.05) is 40.3 Å². The molecular formula is C19H25ClN2O3S. The van der Waals surface area contributed by atoms with E-state index in [1.807, 2.05) is 20.8 Å². The highest BCUT2D eigenvalue weighted by Gasteiger charge is 2.42. The van der Waals surface area contributed by atoms with Crippen molar-refractivity contribution >= 4 is 33.2 Å². The van der Waals surface area contributed by atoms with Crippen LogP contribution in [-0.4, -0.2) is 36.9 Å². The van der Waals surface area contributed by atoms with E-state index in [9.17, 15) is 9.32 Å². The molecule has 26 heavy (non-hydrogen) atoms. The number of pyridine rings is 2. The molecular weight excluding hydrogens is 372 g/mol. The minimum atomic E-state index is -0.951. The van der Waals surface area contributed by atoms with E-state index in [4.69, 9.17) is 16.3 Å². The fraction of sp³-hybridized carbons (Fsp3) is 0.579. The average molecular weight is 397 g/mol. The minimum Gasteiger partial charge on any atom is -0.474 e. The lowest BCUT2D eigenvalue weighted by Gasteiger charge is -2.26. The molecule has 142 valence electrons. The normalized spacial score (nSPS) is 20.4. The SMILES string of the molecule is C[C@H](C[C@@H](C)S(C)=O)Oc1ncc(C(C)(O)C2CC2)c2cc(Cl)ncc12. The van der Waals surface area contributed by atoms with Crippen LogP contribution in [0.25, 0.3) is 10.8 Å². The first-order valence-corrected chi connectivity index (χ1v) is 10.9. The first-order chi connectivity index (χ1) is 12.2. The third-order valence-corrected chi connectivity index (χ3v) is 6.70. The Bertz CT molecular complexity index is 839. The second-order valence-electron chi connectivity index (χ2n) is 7.42. The Morgan fingerprint density at radius 1 is 1.35 bits per heavy atom. The standard InChI is InChI=1S/C19H25ClN2O3S/c1-11(7-12(2)26(4)24)25-18-15-9-21-17(20)8-14(15)16(10-22-18)19(3,23)13-5-6-13/h8-13,23H,5-7H2,1-4H3/t11-,12-,19?,26?/m1/s1. The van der Waals surface area contributed by atoms with Crippen LogP contribution in [0.4, 0.5) is 0 Å². The van der Waals surface area contributed by atoms with Gasteiger partial charge in [-0.1, -0.05) is 18.5 Å². The lowest BCUT2D eigenvalue weighted by Crippen LogP contribution is -2.25. The molecule has 2 unspecified atom stereocenters. The molecule has 7 heteroatoms. The number of ether oxygens (including phenoxy) is 1. The lowest BCUT2D eigenvalue weighted by atomic mass is 9.89. The van der Waals surface area contributed by atoms with Crippen LogP contribution in [0.5, 0.6) is 5.88 Å². The number of aromatic nitrogens is 2. The van der Waals surface area contributed by atoms with Crippen molar-refractivity contribution in [1.82, 2.24) is 9.97 Å². The number of aliphatic hydroxyl groups is 1. The summed E-state index contributed by atoms with van der Waals surface area (Å²) in [6, 6.07) is 1.76. The molecule has 1 saturated carbocycles. The van der Waals surface area contributed by atoms with E-state index >= 15 is 0 Å². The molecule has 3 rings (SSSR count). The second-order valence-corrected chi connectivity index (χ2v) is 9.61. The van der Waals surface area contributed by atoms with Crippen molar-refractivity contribution < 1.29 is 14.1 Å². The van der Waals surface area contributed by atoms with Crippen molar-refractivity contribution in [2.24, 2.45) is 5.92 Å². The predicted octanol–water partition coefficient (Wildman–Crippen LogP) is 3.83. The van der Waals surface area contributed by atoms with Gasteiger partial charge >= 0.3 is 0 Å². The van der Waals surface area contributed by atoms with Gasteiger partial charge in [-0.05, 0) is 50.5 Å². The van der Waals surface area contributed by atoms with Crippen molar-refractivity contribution in [3.05, 3.63) is 29.2 Å². The molecule has 4 atom stereocenters. The topological polar surface area (TPSA) is 72.3 Å². The Labute approximate surface area is 161 Å². The Balaban J connectivity index is 1.96. The molecule has 5 nitrogen and oxygen atoms in total. The van der Waals surface area contributed by atoms with Crippen molar-refractivity contribution in [2.45, 2.75) is 57.0 Å². The lowest BCUT2D eigenvalue weighted by molar-refractivity contribution is 0.0342. The summed E-state index contributed by atoms with van der Waals surface area (Å²) in [5.74, 6) is 0.701. The average Bonchev–Trinajstić information content (AvgIpc) is 3.39. The second kappa shape index (κ2) is 7.41. The summed E-state index contributed by atoms with van der Waals surface area (Å²) in [6.07, 6.45) is 7.56. The van der Waals surface area contributed by atoms with E-state index in [-0.39, 0.29) is 17.3 Å². The zero-order valence-corrected chi connectivity index (χ0v) is 17.1. The molecule has 1 aliphatic carbocycles. The maximum absolute atomic E-state index is 11.6. The number of halogens is 1. The molecule has 1 N–H and O–H groups in total. The van der Waals surface area contributed by atoms with Crippen LogP contribution in [0.15, 0.2) is 18.5 Å². The number of hydrogen-bond donors (Lipinski definition) is 1. The Hall–Kier alpha value is -1.24. The minimum absolute atomic E-state index is 0.0405. The summed E-state index contributed by atoms with van der Waals surface area (Å²) in [7, 11) is -0.896. The quantitative estimate of drug-likeness (QED) is 0.720. The number of hydrogen-bond acceptors (Lipinski definition) is 5. The van der Waals surface area contributed by atoms with Crippen LogP contribution in [0.2, 0.25) is 5.15 Å². The van der Waals surface area contributed by atoms with E-state index in [0.29, 0.717) is 17.5 Å². The molecule has 0 spiro atoms. The first kappa shape index (κ1) is 19.5. The zero-order chi connectivity index (χ0) is 19.1. The third-order valence-electron chi connectivity index (χ3n) is 5.16. The fourth-order valence-corrected chi connectivity index (χ4v) is 3.99. The van der Waals surface area contributed by atoms with Crippen molar-refractivity contribution in [2.75, 3.05) is 6.26 Å². The summed E-state index contributed by atoms with van der Waals surface area (Å²) in [6.45, 7) is 5.71. The molecule has 2 aromatic heterocycles. The highest BCUT2D eigenvalue weighted by molar-refractivity contribution is 7.84. The smallest absolute Gasteiger partial charge is 0.223 e. The molecule has 0 radical (unpaired) electrons. The Morgan fingerprint density at radius 3 is 2.65 bits per heavy atom.